The second-order valence-corrected chi connectivity index (χ2v) is 7.33. The van der Waals surface area contributed by atoms with Crippen LogP contribution in [0.2, 0.25) is 0 Å². The van der Waals surface area contributed by atoms with Crippen LogP contribution in [0.3, 0.4) is 0 Å². The Bertz CT molecular complexity index is 554. The number of unbranched alkanes of at least 4 members (excludes halogenated alkanes) is 1. The number of hydrogen-bond acceptors (Lipinski definition) is 3. The van der Waals surface area contributed by atoms with Crippen LogP contribution in [0, 0.1) is 5.92 Å². The molecule has 1 aromatic carbocycles. The maximum Gasteiger partial charge on any atom is 0.306 e. The van der Waals surface area contributed by atoms with Gasteiger partial charge in [0, 0.05) is 0 Å². The van der Waals surface area contributed by atoms with Gasteiger partial charge < -0.3 is 15.3 Å². The minimum atomic E-state index is -1.10. The van der Waals surface area contributed by atoms with Crippen LogP contribution in [0.1, 0.15) is 56.9 Å². The van der Waals surface area contributed by atoms with E-state index in [-0.39, 0.29) is 12.3 Å². The van der Waals surface area contributed by atoms with E-state index in [2.05, 4.69) is 12.1 Å². The smallest absolute Gasteiger partial charge is 0.306 e. The van der Waals surface area contributed by atoms with Crippen molar-refractivity contribution in [3.8, 4) is 0 Å². The fourth-order valence-corrected chi connectivity index (χ4v) is 3.70. The summed E-state index contributed by atoms with van der Waals surface area (Å²) < 4.78 is 0. The Morgan fingerprint density at radius 3 is 2.76 bits per heavy atom. The zero-order valence-corrected chi connectivity index (χ0v) is 14.8. The van der Waals surface area contributed by atoms with Gasteiger partial charge in [0.25, 0.3) is 0 Å². The standard InChI is InChI=1S/C21H30O4/c22-19(11-5-4-9-17-7-2-1-3-8-17)13-12-18-10-6-14-21(25,15-18)16-20(23)24/h1-3,7-8,12-13,18-19,22,25H,4-6,9-11,14-16H2,(H,23,24)/b13-12+/t18-,19-,21-/m1/s1. The van der Waals surface area contributed by atoms with Crippen molar-refractivity contribution in [2.75, 3.05) is 0 Å². The number of hydrogen-bond donors (Lipinski definition) is 3. The summed E-state index contributed by atoms with van der Waals surface area (Å²) in [7, 11) is 0. The topological polar surface area (TPSA) is 77.8 Å². The van der Waals surface area contributed by atoms with Gasteiger partial charge in [0.2, 0.25) is 0 Å². The summed E-state index contributed by atoms with van der Waals surface area (Å²) in [5.41, 5.74) is 0.229. The average molecular weight is 346 g/mol. The van der Waals surface area contributed by atoms with Gasteiger partial charge in [-0.2, -0.15) is 0 Å². The predicted octanol–water partition coefficient (Wildman–Crippen LogP) is 3.71. The fourth-order valence-electron chi connectivity index (χ4n) is 3.70. The molecule has 1 fully saturated rings. The average Bonchev–Trinajstić information content (AvgIpc) is 2.57. The van der Waals surface area contributed by atoms with Gasteiger partial charge in [-0.25, -0.2) is 0 Å². The van der Waals surface area contributed by atoms with Crippen LogP contribution in [0.25, 0.3) is 0 Å². The molecule has 0 radical (unpaired) electrons. The Morgan fingerprint density at radius 1 is 1.28 bits per heavy atom. The molecule has 0 unspecified atom stereocenters. The molecule has 0 heterocycles. The second kappa shape index (κ2) is 9.73. The molecule has 1 aliphatic rings. The lowest BCUT2D eigenvalue weighted by Crippen LogP contribution is -2.37. The molecule has 4 nitrogen and oxygen atoms in total. The van der Waals surface area contributed by atoms with Gasteiger partial charge in [-0.15, -0.1) is 0 Å². The number of rotatable bonds is 9. The van der Waals surface area contributed by atoms with Crippen LogP contribution in [0.4, 0.5) is 0 Å². The van der Waals surface area contributed by atoms with Crippen LogP contribution in [-0.2, 0) is 11.2 Å². The first-order valence-corrected chi connectivity index (χ1v) is 9.31. The van der Waals surface area contributed by atoms with Gasteiger partial charge in [0.1, 0.15) is 0 Å². The zero-order valence-electron chi connectivity index (χ0n) is 14.8. The summed E-state index contributed by atoms with van der Waals surface area (Å²) >= 11 is 0. The first-order chi connectivity index (χ1) is 12.0. The van der Waals surface area contributed by atoms with Crippen LogP contribution in [0.15, 0.2) is 42.5 Å². The predicted molar refractivity (Wildman–Crippen MR) is 98.3 cm³/mol. The number of aryl methyl sites for hydroxylation is 1. The molecule has 0 bridgehead atoms. The molecule has 4 heteroatoms. The molecule has 138 valence electrons. The molecule has 3 N–H and O–H groups in total. The molecule has 0 saturated heterocycles. The molecule has 2 rings (SSSR count). The van der Waals surface area contributed by atoms with Gasteiger partial charge in [0.05, 0.1) is 18.1 Å². The SMILES string of the molecule is O=C(O)C[C@@]1(O)CCC[C@H](/C=C/[C@H](O)CCCCc2ccccc2)C1. The summed E-state index contributed by atoms with van der Waals surface area (Å²) in [5, 5.41) is 29.4. The lowest BCUT2D eigenvalue weighted by atomic mass is 9.76. The third kappa shape index (κ3) is 7.41. The molecule has 3 atom stereocenters. The Balaban J connectivity index is 1.68. The summed E-state index contributed by atoms with van der Waals surface area (Å²) in [6.07, 6.45) is 9.69. The molecular weight excluding hydrogens is 316 g/mol. The minimum absolute atomic E-state index is 0.150. The number of benzene rings is 1. The molecule has 25 heavy (non-hydrogen) atoms. The lowest BCUT2D eigenvalue weighted by Gasteiger charge is -2.34. The quantitative estimate of drug-likeness (QED) is 0.470. The molecule has 0 amide bonds. The maximum atomic E-state index is 10.9. The Labute approximate surface area is 150 Å². The highest BCUT2D eigenvalue weighted by molar-refractivity contribution is 5.68. The number of allylic oxidation sites excluding steroid dienone is 1. The summed E-state index contributed by atoms with van der Waals surface area (Å²) in [5.74, 6) is -0.803. The van der Waals surface area contributed by atoms with Crippen molar-refractivity contribution in [3.63, 3.8) is 0 Å². The van der Waals surface area contributed by atoms with Crippen molar-refractivity contribution >= 4 is 5.97 Å². The molecule has 1 aromatic rings. The Morgan fingerprint density at radius 2 is 2.04 bits per heavy atom. The van der Waals surface area contributed by atoms with Gasteiger partial charge in [-0.3, -0.25) is 4.79 Å². The lowest BCUT2D eigenvalue weighted by molar-refractivity contribution is -0.144. The van der Waals surface area contributed by atoms with Gasteiger partial charge in [-0.1, -0.05) is 48.9 Å². The Hall–Kier alpha value is -1.65. The highest BCUT2D eigenvalue weighted by Gasteiger charge is 2.35. The number of aliphatic hydroxyl groups excluding tert-OH is 1. The van der Waals surface area contributed by atoms with E-state index in [9.17, 15) is 15.0 Å². The van der Waals surface area contributed by atoms with E-state index in [0.717, 1.165) is 38.5 Å². The summed E-state index contributed by atoms with van der Waals surface area (Å²) in [6.45, 7) is 0. The van der Waals surface area contributed by atoms with E-state index in [1.54, 1.807) is 0 Å². The number of aliphatic hydroxyl groups is 2. The molecule has 1 saturated carbocycles. The van der Waals surface area contributed by atoms with Crippen LogP contribution >= 0.6 is 0 Å². The van der Waals surface area contributed by atoms with E-state index in [1.165, 1.54) is 5.56 Å². The highest BCUT2D eigenvalue weighted by Crippen LogP contribution is 2.35. The van der Waals surface area contributed by atoms with Gasteiger partial charge >= 0.3 is 5.97 Å². The first kappa shape index (κ1) is 19.7. The van der Waals surface area contributed by atoms with Crippen LogP contribution in [0.5, 0.6) is 0 Å². The molecule has 0 spiro atoms. The van der Waals surface area contributed by atoms with Crippen molar-refractivity contribution < 1.29 is 20.1 Å². The number of aliphatic carboxylic acids is 1. The van der Waals surface area contributed by atoms with Crippen molar-refractivity contribution in [2.45, 2.75) is 69.5 Å². The number of carbonyl (C=O) groups is 1. The van der Waals surface area contributed by atoms with E-state index in [1.807, 2.05) is 30.4 Å². The van der Waals surface area contributed by atoms with E-state index in [4.69, 9.17) is 5.11 Å². The third-order valence-electron chi connectivity index (χ3n) is 5.00. The van der Waals surface area contributed by atoms with Crippen molar-refractivity contribution in [2.24, 2.45) is 5.92 Å². The van der Waals surface area contributed by atoms with Crippen molar-refractivity contribution in [1.82, 2.24) is 0 Å². The zero-order chi connectivity index (χ0) is 18.1. The van der Waals surface area contributed by atoms with Gasteiger partial charge in [-0.05, 0) is 56.4 Å². The third-order valence-corrected chi connectivity index (χ3v) is 5.00. The summed E-state index contributed by atoms with van der Waals surface area (Å²) in [4.78, 5) is 10.9. The molecular formula is C21H30O4. The number of carboxylic acid groups (broad SMARTS) is 1. The molecule has 1 aliphatic carbocycles. The van der Waals surface area contributed by atoms with Gasteiger partial charge in [0.15, 0.2) is 0 Å². The minimum Gasteiger partial charge on any atom is -0.481 e. The van der Waals surface area contributed by atoms with E-state index in [0.29, 0.717) is 12.8 Å². The van der Waals surface area contributed by atoms with Crippen molar-refractivity contribution in [3.05, 3.63) is 48.0 Å². The largest absolute Gasteiger partial charge is 0.481 e. The fraction of sp³-hybridized carbons (Fsp3) is 0.571. The normalized spacial score (nSPS) is 25.1. The van der Waals surface area contributed by atoms with E-state index >= 15 is 0 Å². The monoisotopic (exact) mass is 346 g/mol. The molecule has 0 aromatic heterocycles. The number of carboxylic acids is 1. The molecule has 0 aliphatic heterocycles. The van der Waals surface area contributed by atoms with Crippen molar-refractivity contribution in [1.29, 1.82) is 0 Å². The summed E-state index contributed by atoms with van der Waals surface area (Å²) in [6, 6.07) is 10.3. The first-order valence-electron chi connectivity index (χ1n) is 9.31. The van der Waals surface area contributed by atoms with E-state index < -0.39 is 17.7 Å². The van der Waals surface area contributed by atoms with Crippen LogP contribution < -0.4 is 0 Å². The maximum absolute atomic E-state index is 10.9. The Kier molecular flexibility index (Phi) is 7.66. The van der Waals surface area contributed by atoms with Crippen LogP contribution in [-0.4, -0.2) is 33.0 Å². The highest BCUT2D eigenvalue weighted by atomic mass is 16.4. The second-order valence-electron chi connectivity index (χ2n) is 7.33.